The number of amides is 2. The molecule has 3 heterocycles. The maximum Gasteiger partial charge on any atom is 0.365 e. The zero-order chi connectivity index (χ0) is 20.1. The van der Waals surface area contributed by atoms with Crippen molar-refractivity contribution in [1.29, 1.82) is 0 Å². The number of pyridine rings is 1. The van der Waals surface area contributed by atoms with Gasteiger partial charge in [0.2, 0.25) is 0 Å². The predicted molar refractivity (Wildman–Crippen MR) is 97.3 cm³/mol. The van der Waals surface area contributed by atoms with Crippen molar-refractivity contribution >= 4 is 28.9 Å². The Morgan fingerprint density at radius 2 is 1.79 bits per heavy atom. The summed E-state index contributed by atoms with van der Waals surface area (Å²) in [7, 11) is 0. The molecule has 1 aliphatic rings. The van der Waals surface area contributed by atoms with E-state index >= 15 is 0 Å². The van der Waals surface area contributed by atoms with Crippen LogP contribution in [0, 0.1) is 5.41 Å². The van der Waals surface area contributed by atoms with Gasteiger partial charge in [0.15, 0.2) is 0 Å². The van der Waals surface area contributed by atoms with Crippen LogP contribution in [0.25, 0.3) is 11.1 Å². The lowest BCUT2D eigenvalue weighted by Crippen LogP contribution is -2.32. The molecule has 1 aromatic carbocycles. The third-order valence-corrected chi connectivity index (χ3v) is 4.27. The molecule has 0 saturated heterocycles. The molecule has 8 heteroatoms. The summed E-state index contributed by atoms with van der Waals surface area (Å²) in [5, 5.41) is 5.09. The van der Waals surface area contributed by atoms with Gasteiger partial charge in [0.25, 0.3) is 17.5 Å². The van der Waals surface area contributed by atoms with Crippen LogP contribution < -0.4 is 0 Å². The summed E-state index contributed by atoms with van der Waals surface area (Å²) < 4.78 is 5.21. The van der Waals surface area contributed by atoms with Gasteiger partial charge < -0.3 is 9.36 Å². The third-order valence-electron chi connectivity index (χ3n) is 4.27. The molecule has 2 amide bonds. The van der Waals surface area contributed by atoms with E-state index in [0.717, 1.165) is 0 Å². The first-order valence-electron chi connectivity index (χ1n) is 8.69. The monoisotopic (exact) mass is 379 g/mol. The summed E-state index contributed by atoms with van der Waals surface area (Å²) >= 11 is 0. The Balaban J connectivity index is 1.61. The number of hydroxylamine groups is 2. The van der Waals surface area contributed by atoms with Gasteiger partial charge in [-0.1, -0.05) is 43.1 Å². The Morgan fingerprint density at radius 3 is 2.39 bits per heavy atom. The molecule has 1 aliphatic heterocycles. The molecule has 0 unspecified atom stereocenters. The minimum absolute atomic E-state index is 0.0412. The second-order valence-electron chi connectivity index (χ2n) is 7.77. The maximum absolute atomic E-state index is 12.5. The Labute approximate surface area is 160 Å². The molecule has 8 nitrogen and oxygen atoms in total. The van der Waals surface area contributed by atoms with E-state index in [-0.39, 0.29) is 22.1 Å². The summed E-state index contributed by atoms with van der Waals surface area (Å²) in [6.07, 6.45) is 1.88. The fourth-order valence-corrected chi connectivity index (χ4v) is 3.01. The number of hydrogen-bond acceptors (Lipinski definition) is 7. The van der Waals surface area contributed by atoms with Gasteiger partial charge in [-0.15, -0.1) is 0 Å². The molecular weight excluding hydrogens is 362 g/mol. The van der Waals surface area contributed by atoms with E-state index in [1.54, 1.807) is 18.2 Å². The molecular formula is C20H17N3O5. The number of benzene rings is 1. The smallest absolute Gasteiger partial charge is 0.336 e. The average molecular weight is 379 g/mol. The number of aromatic nitrogens is 2. The zero-order valence-corrected chi connectivity index (χ0v) is 15.6. The molecule has 0 saturated carbocycles. The van der Waals surface area contributed by atoms with Crippen molar-refractivity contribution in [3.05, 3.63) is 58.9 Å². The van der Waals surface area contributed by atoms with Crippen LogP contribution in [-0.2, 0) is 11.3 Å². The SMILES string of the molecule is CC(C)(C)Cc1noc2ncc(C(=O)ON3C(=O)c4ccccc4C3=O)cc12. The van der Waals surface area contributed by atoms with Crippen molar-refractivity contribution in [3.8, 4) is 0 Å². The quantitative estimate of drug-likeness (QED) is 0.644. The highest BCUT2D eigenvalue weighted by atomic mass is 16.7. The summed E-state index contributed by atoms with van der Waals surface area (Å²) in [5.41, 5.74) is 1.41. The van der Waals surface area contributed by atoms with Crippen LogP contribution in [0.5, 0.6) is 0 Å². The van der Waals surface area contributed by atoms with Crippen LogP contribution in [0.4, 0.5) is 0 Å². The first-order chi connectivity index (χ1) is 13.2. The summed E-state index contributed by atoms with van der Waals surface area (Å²) in [4.78, 5) is 46.4. The van der Waals surface area contributed by atoms with Gasteiger partial charge in [0, 0.05) is 6.20 Å². The van der Waals surface area contributed by atoms with Gasteiger partial charge in [-0.2, -0.15) is 0 Å². The van der Waals surface area contributed by atoms with Gasteiger partial charge >= 0.3 is 5.97 Å². The van der Waals surface area contributed by atoms with Gasteiger partial charge in [0.1, 0.15) is 0 Å². The number of carbonyl (C=O) groups is 3. The van der Waals surface area contributed by atoms with Crippen molar-refractivity contribution in [2.24, 2.45) is 5.41 Å². The van der Waals surface area contributed by atoms with E-state index in [1.807, 2.05) is 0 Å². The lowest BCUT2D eigenvalue weighted by atomic mass is 9.90. The molecule has 28 heavy (non-hydrogen) atoms. The summed E-state index contributed by atoms with van der Waals surface area (Å²) in [5.74, 6) is -2.23. The molecule has 142 valence electrons. The van der Waals surface area contributed by atoms with Crippen LogP contribution in [-0.4, -0.2) is 33.0 Å². The summed E-state index contributed by atoms with van der Waals surface area (Å²) in [6, 6.07) is 7.83. The number of hydrogen-bond donors (Lipinski definition) is 0. The Kier molecular flexibility index (Phi) is 3.99. The number of fused-ring (bicyclic) bond motifs is 2. The van der Waals surface area contributed by atoms with Crippen LogP contribution in [0.2, 0.25) is 0 Å². The van der Waals surface area contributed by atoms with Crippen molar-refractivity contribution in [2.45, 2.75) is 27.2 Å². The fourth-order valence-electron chi connectivity index (χ4n) is 3.01. The third kappa shape index (κ3) is 3.02. The normalized spacial score (nSPS) is 13.9. The minimum Gasteiger partial charge on any atom is -0.336 e. The van der Waals surface area contributed by atoms with Crippen molar-refractivity contribution in [1.82, 2.24) is 15.2 Å². The molecule has 3 aromatic rings. The zero-order valence-electron chi connectivity index (χ0n) is 15.6. The van der Waals surface area contributed by atoms with Crippen molar-refractivity contribution in [3.63, 3.8) is 0 Å². The Bertz CT molecular complexity index is 1090. The van der Waals surface area contributed by atoms with E-state index in [9.17, 15) is 14.4 Å². The fraction of sp³-hybridized carbons (Fsp3) is 0.250. The first kappa shape index (κ1) is 17.8. The van der Waals surface area contributed by atoms with E-state index in [0.29, 0.717) is 28.3 Å². The highest BCUT2D eigenvalue weighted by Crippen LogP contribution is 2.27. The number of imide groups is 1. The van der Waals surface area contributed by atoms with E-state index in [4.69, 9.17) is 9.36 Å². The standard InChI is InChI=1S/C20H17N3O5/c1-20(2,3)9-15-14-8-11(10-21-16(14)27-22-15)19(26)28-23-17(24)12-6-4-5-7-13(12)18(23)25/h4-8,10H,9H2,1-3H3. The second kappa shape index (κ2) is 6.26. The first-order valence-corrected chi connectivity index (χ1v) is 8.69. The van der Waals surface area contributed by atoms with Gasteiger partial charge in [-0.3, -0.25) is 9.59 Å². The topological polar surface area (TPSA) is 103 Å². The van der Waals surface area contributed by atoms with E-state index in [2.05, 4.69) is 30.9 Å². The van der Waals surface area contributed by atoms with Crippen LogP contribution >= 0.6 is 0 Å². The molecule has 0 bridgehead atoms. The molecule has 0 atom stereocenters. The number of rotatable bonds is 3. The average Bonchev–Trinajstić information content (AvgIpc) is 3.15. The maximum atomic E-state index is 12.5. The second-order valence-corrected chi connectivity index (χ2v) is 7.77. The van der Waals surface area contributed by atoms with Gasteiger partial charge in [-0.25, -0.2) is 9.78 Å². The lowest BCUT2D eigenvalue weighted by molar-refractivity contribution is -0.0584. The Hall–Kier alpha value is -3.55. The van der Waals surface area contributed by atoms with Gasteiger partial charge in [-0.05, 0) is 30.0 Å². The number of carbonyl (C=O) groups excluding carboxylic acids is 3. The molecule has 0 aliphatic carbocycles. The van der Waals surface area contributed by atoms with E-state index in [1.165, 1.54) is 18.3 Å². The molecule has 2 aromatic heterocycles. The molecule has 0 spiro atoms. The Morgan fingerprint density at radius 1 is 1.14 bits per heavy atom. The summed E-state index contributed by atoms with van der Waals surface area (Å²) in [6.45, 7) is 6.17. The highest BCUT2D eigenvalue weighted by molar-refractivity contribution is 6.21. The van der Waals surface area contributed by atoms with Crippen molar-refractivity contribution < 1.29 is 23.7 Å². The van der Waals surface area contributed by atoms with Crippen LogP contribution in [0.3, 0.4) is 0 Å². The largest absolute Gasteiger partial charge is 0.365 e. The van der Waals surface area contributed by atoms with Crippen LogP contribution in [0.1, 0.15) is 57.5 Å². The molecule has 0 fully saturated rings. The lowest BCUT2D eigenvalue weighted by Gasteiger charge is -2.15. The molecule has 4 rings (SSSR count). The minimum atomic E-state index is -0.869. The molecule has 0 radical (unpaired) electrons. The van der Waals surface area contributed by atoms with E-state index < -0.39 is 17.8 Å². The van der Waals surface area contributed by atoms with Gasteiger partial charge in [0.05, 0.1) is 27.8 Å². The number of nitrogens with zero attached hydrogens (tertiary/aromatic N) is 3. The molecule has 0 N–H and O–H groups in total. The van der Waals surface area contributed by atoms with Crippen LogP contribution in [0.15, 0.2) is 41.1 Å². The predicted octanol–water partition coefficient (Wildman–Crippen LogP) is 3.18. The van der Waals surface area contributed by atoms with Crippen molar-refractivity contribution in [2.75, 3.05) is 0 Å². The highest BCUT2D eigenvalue weighted by Gasteiger charge is 2.38.